The number of methoxy groups -OCH3 is 1. The van der Waals surface area contributed by atoms with Crippen molar-refractivity contribution < 1.29 is 23.0 Å². The molecule has 7 nitrogen and oxygen atoms in total. The van der Waals surface area contributed by atoms with Crippen LogP contribution in [0.4, 0.5) is 14.5 Å². The van der Waals surface area contributed by atoms with Crippen molar-refractivity contribution >= 4 is 23.2 Å². The van der Waals surface area contributed by atoms with Crippen LogP contribution in [0.5, 0.6) is 11.5 Å². The summed E-state index contributed by atoms with van der Waals surface area (Å²) in [5.74, 6) is -0.310. The molecular formula is C19H17ClF2N4O3. The van der Waals surface area contributed by atoms with E-state index in [2.05, 4.69) is 20.1 Å². The molecule has 0 spiro atoms. The Morgan fingerprint density at radius 2 is 1.93 bits per heavy atom. The Morgan fingerprint density at radius 1 is 1.17 bits per heavy atom. The standard InChI is InChI=1S/C19H17ClF2N4O3/c1-10-8-11(2)26(25-10)16-7-5-13(20)17(24-16)18(27)23-12-4-6-14(28-3)15(9-12)29-19(21)22/h4-9,19H,1-3H3,(H,23,27). The van der Waals surface area contributed by atoms with Gasteiger partial charge in [0.25, 0.3) is 5.91 Å². The highest BCUT2D eigenvalue weighted by Crippen LogP contribution is 2.32. The van der Waals surface area contributed by atoms with Crippen LogP contribution in [-0.4, -0.2) is 34.4 Å². The fourth-order valence-corrected chi connectivity index (χ4v) is 2.89. The summed E-state index contributed by atoms with van der Waals surface area (Å²) in [6, 6.07) is 9.15. The number of nitrogens with one attached hydrogen (secondary N) is 1. The molecule has 3 rings (SSSR count). The van der Waals surface area contributed by atoms with Crippen molar-refractivity contribution in [2.75, 3.05) is 12.4 Å². The summed E-state index contributed by atoms with van der Waals surface area (Å²) in [4.78, 5) is 17.0. The van der Waals surface area contributed by atoms with Crippen LogP contribution in [-0.2, 0) is 0 Å². The van der Waals surface area contributed by atoms with Crippen LogP contribution in [0.1, 0.15) is 21.9 Å². The van der Waals surface area contributed by atoms with Crippen LogP contribution in [0.2, 0.25) is 5.02 Å². The molecule has 0 atom stereocenters. The Hall–Kier alpha value is -3.20. The summed E-state index contributed by atoms with van der Waals surface area (Å²) in [5, 5.41) is 7.03. The van der Waals surface area contributed by atoms with E-state index in [-0.39, 0.29) is 27.9 Å². The highest BCUT2D eigenvalue weighted by atomic mass is 35.5. The van der Waals surface area contributed by atoms with Gasteiger partial charge in [0.05, 0.1) is 17.8 Å². The Morgan fingerprint density at radius 3 is 2.55 bits per heavy atom. The third kappa shape index (κ3) is 4.62. The van der Waals surface area contributed by atoms with Crippen molar-refractivity contribution in [3.63, 3.8) is 0 Å². The maximum absolute atomic E-state index is 12.7. The van der Waals surface area contributed by atoms with Gasteiger partial charge >= 0.3 is 6.61 Å². The minimum atomic E-state index is -3.04. The molecular weight excluding hydrogens is 406 g/mol. The second-order valence-electron chi connectivity index (χ2n) is 6.04. The van der Waals surface area contributed by atoms with E-state index >= 15 is 0 Å². The molecule has 10 heteroatoms. The first-order valence-electron chi connectivity index (χ1n) is 8.43. The zero-order valence-electron chi connectivity index (χ0n) is 15.7. The van der Waals surface area contributed by atoms with Crippen molar-refractivity contribution in [1.29, 1.82) is 0 Å². The zero-order chi connectivity index (χ0) is 21.1. The SMILES string of the molecule is COc1ccc(NC(=O)c2nc(-n3nc(C)cc3C)ccc2Cl)cc1OC(F)F. The van der Waals surface area contributed by atoms with Crippen LogP contribution < -0.4 is 14.8 Å². The van der Waals surface area contributed by atoms with Crippen LogP contribution in [0.25, 0.3) is 5.82 Å². The van der Waals surface area contributed by atoms with Crippen molar-refractivity contribution in [3.05, 3.63) is 58.5 Å². The minimum Gasteiger partial charge on any atom is -0.493 e. The number of pyridine rings is 1. The first-order chi connectivity index (χ1) is 13.8. The lowest BCUT2D eigenvalue weighted by Gasteiger charge is -2.13. The van der Waals surface area contributed by atoms with Gasteiger partial charge in [-0.3, -0.25) is 4.79 Å². The highest BCUT2D eigenvalue weighted by Gasteiger charge is 2.17. The Labute approximate surface area is 170 Å². The zero-order valence-corrected chi connectivity index (χ0v) is 16.5. The number of hydrogen-bond acceptors (Lipinski definition) is 5. The number of ether oxygens (including phenoxy) is 2. The third-order valence-corrected chi connectivity index (χ3v) is 4.22. The Bertz CT molecular complexity index is 1060. The number of alkyl halides is 2. The van der Waals surface area contributed by atoms with Gasteiger partial charge in [0.15, 0.2) is 17.3 Å². The van der Waals surface area contributed by atoms with Gasteiger partial charge in [-0.2, -0.15) is 13.9 Å². The van der Waals surface area contributed by atoms with Crippen LogP contribution in [0.3, 0.4) is 0 Å². The van der Waals surface area contributed by atoms with E-state index in [9.17, 15) is 13.6 Å². The van der Waals surface area contributed by atoms with Crippen LogP contribution >= 0.6 is 11.6 Å². The summed E-state index contributed by atoms with van der Waals surface area (Å²) in [5.41, 5.74) is 1.81. The van der Waals surface area contributed by atoms with E-state index in [4.69, 9.17) is 16.3 Å². The lowest BCUT2D eigenvalue weighted by molar-refractivity contribution is -0.0511. The molecule has 1 aromatic carbocycles. The van der Waals surface area contributed by atoms with Gasteiger partial charge in [-0.25, -0.2) is 9.67 Å². The molecule has 0 aliphatic rings. The monoisotopic (exact) mass is 422 g/mol. The number of aryl methyl sites for hydroxylation is 2. The first kappa shape index (κ1) is 20.5. The Balaban J connectivity index is 1.89. The molecule has 3 aromatic rings. The van der Waals surface area contributed by atoms with Gasteiger partial charge in [-0.05, 0) is 44.2 Å². The van der Waals surface area contributed by atoms with E-state index in [0.29, 0.717) is 5.82 Å². The van der Waals surface area contributed by atoms with Crippen LogP contribution in [0, 0.1) is 13.8 Å². The summed E-state index contributed by atoms with van der Waals surface area (Å²) < 4.78 is 36.2. The average Bonchev–Trinajstić information content (AvgIpc) is 3.00. The quantitative estimate of drug-likeness (QED) is 0.637. The lowest BCUT2D eigenvalue weighted by atomic mass is 10.2. The smallest absolute Gasteiger partial charge is 0.387 e. The summed E-state index contributed by atoms with van der Waals surface area (Å²) >= 11 is 6.14. The number of nitrogens with zero attached hydrogens (tertiary/aromatic N) is 3. The number of carbonyl (C=O) groups is 1. The maximum atomic E-state index is 12.7. The van der Waals surface area contributed by atoms with Crippen LogP contribution in [0.15, 0.2) is 36.4 Å². The second-order valence-corrected chi connectivity index (χ2v) is 6.44. The van der Waals surface area contributed by atoms with E-state index < -0.39 is 12.5 Å². The molecule has 0 aliphatic heterocycles. The number of anilines is 1. The molecule has 0 radical (unpaired) electrons. The average molecular weight is 423 g/mol. The van der Waals surface area contributed by atoms with Gasteiger partial charge in [-0.15, -0.1) is 0 Å². The second kappa shape index (κ2) is 8.44. The molecule has 0 unspecified atom stereocenters. The summed E-state index contributed by atoms with van der Waals surface area (Å²) in [6.07, 6.45) is 0. The summed E-state index contributed by atoms with van der Waals surface area (Å²) in [6.45, 7) is 0.664. The number of benzene rings is 1. The summed E-state index contributed by atoms with van der Waals surface area (Å²) in [7, 11) is 1.32. The van der Waals surface area contributed by atoms with Gasteiger partial charge in [0, 0.05) is 17.4 Å². The van der Waals surface area contributed by atoms with E-state index in [1.54, 1.807) is 10.7 Å². The number of halogens is 3. The molecule has 0 aliphatic carbocycles. The highest BCUT2D eigenvalue weighted by molar-refractivity contribution is 6.34. The van der Waals surface area contributed by atoms with E-state index in [0.717, 1.165) is 11.4 Å². The van der Waals surface area contributed by atoms with Crippen molar-refractivity contribution in [2.24, 2.45) is 0 Å². The first-order valence-corrected chi connectivity index (χ1v) is 8.80. The maximum Gasteiger partial charge on any atom is 0.387 e. The predicted molar refractivity (Wildman–Crippen MR) is 103 cm³/mol. The number of carbonyl (C=O) groups excluding carboxylic acids is 1. The number of aromatic nitrogens is 3. The number of rotatable bonds is 6. The van der Waals surface area contributed by atoms with Crippen molar-refractivity contribution in [2.45, 2.75) is 20.5 Å². The molecule has 0 saturated carbocycles. The molecule has 1 amide bonds. The van der Waals surface area contributed by atoms with Crippen molar-refractivity contribution in [3.8, 4) is 17.3 Å². The minimum absolute atomic E-state index is 0.0381. The predicted octanol–water partition coefficient (Wildman–Crippen LogP) is 4.40. The van der Waals surface area contributed by atoms with E-state index in [1.807, 2.05) is 19.9 Å². The number of hydrogen-bond donors (Lipinski definition) is 1. The van der Waals surface area contributed by atoms with Crippen molar-refractivity contribution in [1.82, 2.24) is 14.8 Å². The van der Waals surface area contributed by atoms with Gasteiger partial charge < -0.3 is 14.8 Å². The normalized spacial score (nSPS) is 10.9. The molecule has 2 heterocycles. The molecule has 0 saturated heterocycles. The molecule has 0 fully saturated rings. The molecule has 29 heavy (non-hydrogen) atoms. The van der Waals surface area contributed by atoms with Gasteiger partial charge in [0.2, 0.25) is 0 Å². The topological polar surface area (TPSA) is 78.3 Å². The largest absolute Gasteiger partial charge is 0.493 e. The number of amides is 1. The molecule has 1 N–H and O–H groups in total. The van der Waals surface area contributed by atoms with Gasteiger partial charge in [-0.1, -0.05) is 11.6 Å². The fourth-order valence-electron chi connectivity index (χ4n) is 2.70. The molecule has 2 aromatic heterocycles. The van der Waals surface area contributed by atoms with E-state index in [1.165, 1.54) is 31.4 Å². The fraction of sp³-hybridized carbons (Fsp3) is 0.211. The molecule has 0 bridgehead atoms. The lowest BCUT2D eigenvalue weighted by Crippen LogP contribution is -2.16. The van der Waals surface area contributed by atoms with Gasteiger partial charge in [0.1, 0.15) is 5.69 Å². The Kier molecular flexibility index (Phi) is 5.97. The molecule has 152 valence electrons. The third-order valence-electron chi connectivity index (χ3n) is 3.91.